The monoisotopic (exact) mass is 296 g/mol. The van der Waals surface area contributed by atoms with Crippen LogP contribution in [-0.2, 0) is 13.1 Å². The molecule has 2 aromatic heterocycles. The first-order chi connectivity index (χ1) is 10.8. The number of aromatic nitrogens is 6. The fourth-order valence-electron chi connectivity index (χ4n) is 2.33. The first-order valence-corrected chi connectivity index (χ1v) is 7.63. The Balaban J connectivity index is 1.42. The molecule has 2 heterocycles. The van der Waals surface area contributed by atoms with Crippen molar-refractivity contribution in [3.8, 4) is 11.4 Å². The molecule has 0 radical (unpaired) electrons. The Bertz CT molecular complexity index is 700. The summed E-state index contributed by atoms with van der Waals surface area (Å²) < 4.78 is 2.00. The van der Waals surface area contributed by atoms with Crippen LogP contribution >= 0.6 is 0 Å². The van der Waals surface area contributed by atoms with Gasteiger partial charge in [-0.25, -0.2) is 0 Å². The van der Waals surface area contributed by atoms with Crippen molar-refractivity contribution >= 4 is 0 Å². The lowest BCUT2D eigenvalue weighted by molar-refractivity contribution is 0.463. The van der Waals surface area contributed by atoms with E-state index in [1.54, 1.807) is 4.80 Å². The van der Waals surface area contributed by atoms with Gasteiger partial charge in [-0.3, -0.25) is 4.68 Å². The predicted octanol–water partition coefficient (Wildman–Crippen LogP) is 2.72. The minimum Gasteiger partial charge on any atom is -0.272 e. The van der Waals surface area contributed by atoms with E-state index in [1.165, 1.54) is 5.56 Å². The average Bonchev–Trinajstić information content (AvgIpc) is 3.17. The van der Waals surface area contributed by atoms with Gasteiger partial charge in [0.1, 0.15) is 0 Å². The van der Waals surface area contributed by atoms with Crippen LogP contribution in [0, 0.1) is 6.92 Å². The maximum Gasteiger partial charge on any atom is 0.204 e. The summed E-state index contributed by atoms with van der Waals surface area (Å²) in [6, 6.07) is 9.93. The van der Waals surface area contributed by atoms with Gasteiger partial charge < -0.3 is 0 Å². The first kappa shape index (κ1) is 14.4. The van der Waals surface area contributed by atoms with Gasteiger partial charge in [0.2, 0.25) is 5.82 Å². The fraction of sp³-hybridized carbons (Fsp3) is 0.375. The van der Waals surface area contributed by atoms with Gasteiger partial charge in [-0.1, -0.05) is 30.3 Å². The second-order valence-electron chi connectivity index (χ2n) is 5.42. The van der Waals surface area contributed by atoms with Crippen LogP contribution in [-0.4, -0.2) is 30.0 Å². The molecule has 0 bridgehead atoms. The Morgan fingerprint density at radius 3 is 2.59 bits per heavy atom. The van der Waals surface area contributed by atoms with E-state index in [1.807, 2.05) is 41.2 Å². The van der Waals surface area contributed by atoms with Gasteiger partial charge in [-0.05, 0) is 37.0 Å². The third-order valence-corrected chi connectivity index (χ3v) is 3.49. The molecule has 114 valence electrons. The van der Waals surface area contributed by atoms with Gasteiger partial charge in [0, 0.05) is 18.3 Å². The quantitative estimate of drug-likeness (QED) is 0.629. The van der Waals surface area contributed by atoms with E-state index < -0.39 is 0 Å². The van der Waals surface area contributed by atoms with Crippen LogP contribution in [0.2, 0.25) is 0 Å². The van der Waals surface area contributed by atoms with Crippen molar-refractivity contribution in [3.05, 3.63) is 48.3 Å². The molecule has 1 aromatic carbocycles. The zero-order chi connectivity index (χ0) is 15.2. The van der Waals surface area contributed by atoms with Gasteiger partial charge in [0.05, 0.1) is 12.7 Å². The fourth-order valence-corrected chi connectivity index (χ4v) is 2.33. The number of benzene rings is 1. The van der Waals surface area contributed by atoms with Crippen LogP contribution in [0.1, 0.15) is 24.8 Å². The molecule has 6 heteroatoms. The van der Waals surface area contributed by atoms with Crippen LogP contribution in [0.4, 0.5) is 0 Å². The Morgan fingerprint density at radius 1 is 1.00 bits per heavy atom. The number of unbranched alkanes of at least 4 members (excludes halogenated alkanes) is 2. The van der Waals surface area contributed by atoms with Gasteiger partial charge in [0.25, 0.3) is 0 Å². The molecule has 3 aromatic rings. The normalized spacial score (nSPS) is 11.0. The van der Waals surface area contributed by atoms with Crippen molar-refractivity contribution in [1.29, 1.82) is 0 Å². The van der Waals surface area contributed by atoms with Crippen LogP contribution in [0.15, 0.2) is 42.7 Å². The van der Waals surface area contributed by atoms with Crippen LogP contribution < -0.4 is 0 Å². The summed E-state index contributed by atoms with van der Waals surface area (Å²) in [6.07, 6.45) is 7.25. The number of hydrogen-bond acceptors (Lipinski definition) is 4. The van der Waals surface area contributed by atoms with E-state index in [9.17, 15) is 0 Å². The Morgan fingerprint density at radius 2 is 1.82 bits per heavy atom. The SMILES string of the molecule is Cc1cnn(CCCCCn2nnc(-c3ccccc3)n2)c1. The van der Waals surface area contributed by atoms with E-state index >= 15 is 0 Å². The minimum atomic E-state index is 0.688. The molecule has 0 N–H and O–H groups in total. The minimum absolute atomic E-state index is 0.688. The molecule has 0 unspecified atom stereocenters. The lowest BCUT2D eigenvalue weighted by Gasteiger charge is -2.01. The molecule has 0 spiro atoms. The molecule has 0 aliphatic rings. The highest BCUT2D eigenvalue weighted by molar-refractivity contribution is 5.52. The second-order valence-corrected chi connectivity index (χ2v) is 5.42. The smallest absolute Gasteiger partial charge is 0.204 e. The topological polar surface area (TPSA) is 61.4 Å². The Kier molecular flexibility index (Phi) is 4.58. The molecule has 0 aliphatic heterocycles. The van der Waals surface area contributed by atoms with Gasteiger partial charge in [-0.15, -0.1) is 10.2 Å². The highest BCUT2D eigenvalue weighted by atomic mass is 15.6. The lowest BCUT2D eigenvalue weighted by Crippen LogP contribution is -2.04. The Hall–Kier alpha value is -2.50. The van der Waals surface area contributed by atoms with Gasteiger partial charge in [0.15, 0.2) is 0 Å². The standard InChI is InChI=1S/C16H20N6/c1-14-12-17-21(13-14)10-6-3-7-11-22-19-16(18-20-22)15-8-4-2-5-9-15/h2,4-5,8-9,12-13H,3,6-7,10-11H2,1H3. The molecule has 22 heavy (non-hydrogen) atoms. The number of aryl methyl sites for hydroxylation is 3. The van der Waals surface area contributed by atoms with E-state index in [-0.39, 0.29) is 0 Å². The summed E-state index contributed by atoms with van der Waals surface area (Å²) in [5.74, 6) is 0.688. The largest absolute Gasteiger partial charge is 0.272 e. The molecule has 6 nitrogen and oxygen atoms in total. The lowest BCUT2D eigenvalue weighted by atomic mass is 10.2. The summed E-state index contributed by atoms with van der Waals surface area (Å²) in [5.41, 5.74) is 2.21. The van der Waals surface area contributed by atoms with E-state index in [0.717, 1.165) is 37.9 Å². The molecule has 3 rings (SSSR count). The maximum absolute atomic E-state index is 4.42. The van der Waals surface area contributed by atoms with Crippen molar-refractivity contribution in [2.45, 2.75) is 39.3 Å². The summed E-state index contributed by atoms with van der Waals surface area (Å²) in [5, 5.41) is 16.9. The first-order valence-electron chi connectivity index (χ1n) is 7.63. The molecule has 0 fully saturated rings. The van der Waals surface area contributed by atoms with E-state index in [0.29, 0.717) is 5.82 Å². The van der Waals surface area contributed by atoms with E-state index in [2.05, 4.69) is 33.6 Å². The van der Waals surface area contributed by atoms with Crippen molar-refractivity contribution in [2.75, 3.05) is 0 Å². The van der Waals surface area contributed by atoms with Crippen LogP contribution in [0.3, 0.4) is 0 Å². The van der Waals surface area contributed by atoms with Gasteiger partial charge >= 0.3 is 0 Å². The number of nitrogens with zero attached hydrogens (tertiary/aromatic N) is 6. The summed E-state index contributed by atoms with van der Waals surface area (Å²) in [4.78, 5) is 1.68. The summed E-state index contributed by atoms with van der Waals surface area (Å²) >= 11 is 0. The summed E-state index contributed by atoms with van der Waals surface area (Å²) in [6.45, 7) is 3.83. The third kappa shape index (κ3) is 3.78. The molecule has 0 amide bonds. The molecule has 0 atom stereocenters. The zero-order valence-corrected chi connectivity index (χ0v) is 12.8. The summed E-state index contributed by atoms with van der Waals surface area (Å²) in [7, 11) is 0. The highest BCUT2D eigenvalue weighted by Gasteiger charge is 2.04. The van der Waals surface area contributed by atoms with Crippen LogP contribution in [0.5, 0.6) is 0 Å². The van der Waals surface area contributed by atoms with Gasteiger partial charge in [-0.2, -0.15) is 9.90 Å². The van der Waals surface area contributed by atoms with Crippen molar-refractivity contribution in [3.63, 3.8) is 0 Å². The molecular weight excluding hydrogens is 276 g/mol. The third-order valence-electron chi connectivity index (χ3n) is 3.49. The average molecular weight is 296 g/mol. The highest BCUT2D eigenvalue weighted by Crippen LogP contribution is 2.12. The number of rotatable bonds is 7. The molecule has 0 saturated carbocycles. The van der Waals surface area contributed by atoms with Crippen molar-refractivity contribution in [2.24, 2.45) is 0 Å². The van der Waals surface area contributed by atoms with Crippen LogP contribution in [0.25, 0.3) is 11.4 Å². The van der Waals surface area contributed by atoms with Crippen molar-refractivity contribution < 1.29 is 0 Å². The van der Waals surface area contributed by atoms with Crippen molar-refractivity contribution in [1.82, 2.24) is 30.0 Å². The molecule has 0 aliphatic carbocycles. The zero-order valence-electron chi connectivity index (χ0n) is 12.8. The Labute approximate surface area is 129 Å². The second kappa shape index (κ2) is 6.98. The molecule has 0 saturated heterocycles. The number of tetrazole rings is 1. The maximum atomic E-state index is 4.42. The number of hydrogen-bond donors (Lipinski definition) is 0. The van der Waals surface area contributed by atoms with E-state index in [4.69, 9.17) is 0 Å². The molecular formula is C16H20N6. The predicted molar refractivity (Wildman–Crippen MR) is 84.1 cm³/mol.